The molecule has 0 unspecified atom stereocenters. The molecule has 0 saturated heterocycles. The standard InChI is InChI=1S/C14H21N3/c1-2-10-9-6-12(11(10)3-1)13(7-9)17-8-14-15-4-5-16-14/h4-5,9-13,17H,1-3,6-8H2,(H,15,16)/t9-,10+,11+,12-,13+/m0/s1. The lowest BCUT2D eigenvalue weighted by Crippen LogP contribution is -2.39. The molecule has 92 valence electrons. The highest BCUT2D eigenvalue weighted by molar-refractivity contribution is 5.05. The van der Waals surface area contributed by atoms with Crippen LogP contribution in [0.15, 0.2) is 12.4 Å². The van der Waals surface area contributed by atoms with E-state index in [0.717, 1.165) is 42.1 Å². The second kappa shape index (κ2) is 3.84. The lowest BCUT2D eigenvalue weighted by Gasteiger charge is -2.32. The van der Waals surface area contributed by atoms with E-state index in [-0.39, 0.29) is 0 Å². The zero-order valence-corrected chi connectivity index (χ0v) is 10.2. The van der Waals surface area contributed by atoms with E-state index in [9.17, 15) is 0 Å². The molecule has 4 rings (SSSR count). The molecular weight excluding hydrogens is 210 g/mol. The Labute approximate surface area is 102 Å². The molecule has 3 nitrogen and oxygen atoms in total. The van der Waals surface area contributed by atoms with Crippen LogP contribution in [0.3, 0.4) is 0 Å². The van der Waals surface area contributed by atoms with E-state index in [0.29, 0.717) is 0 Å². The molecule has 2 N–H and O–H groups in total. The van der Waals surface area contributed by atoms with Crippen LogP contribution >= 0.6 is 0 Å². The molecule has 17 heavy (non-hydrogen) atoms. The van der Waals surface area contributed by atoms with Crippen molar-refractivity contribution in [1.82, 2.24) is 15.3 Å². The van der Waals surface area contributed by atoms with E-state index >= 15 is 0 Å². The van der Waals surface area contributed by atoms with Gasteiger partial charge in [0.25, 0.3) is 0 Å². The number of rotatable bonds is 3. The fraction of sp³-hybridized carbons (Fsp3) is 0.786. The monoisotopic (exact) mass is 231 g/mol. The third-order valence-corrected chi connectivity index (χ3v) is 5.52. The first-order valence-corrected chi connectivity index (χ1v) is 7.13. The van der Waals surface area contributed by atoms with Gasteiger partial charge in [-0.15, -0.1) is 0 Å². The maximum absolute atomic E-state index is 4.29. The van der Waals surface area contributed by atoms with Crippen molar-refractivity contribution in [3.05, 3.63) is 18.2 Å². The lowest BCUT2D eigenvalue weighted by atomic mass is 9.79. The SMILES string of the molecule is c1c[nH]c(CN[C@@H]2C[C@@H]3C[C@H]2[C@@H]2CCC[C@H]32)n1. The summed E-state index contributed by atoms with van der Waals surface area (Å²) in [6, 6.07) is 0.768. The van der Waals surface area contributed by atoms with Crippen LogP contribution in [0.25, 0.3) is 0 Å². The van der Waals surface area contributed by atoms with Gasteiger partial charge < -0.3 is 10.3 Å². The summed E-state index contributed by atoms with van der Waals surface area (Å²) < 4.78 is 0. The van der Waals surface area contributed by atoms with Gasteiger partial charge in [-0.1, -0.05) is 6.42 Å². The van der Waals surface area contributed by atoms with Gasteiger partial charge in [-0.2, -0.15) is 0 Å². The number of nitrogens with one attached hydrogen (secondary N) is 2. The fourth-order valence-corrected chi connectivity index (χ4v) is 4.93. The summed E-state index contributed by atoms with van der Waals surface area (Å²) in [5, 5.41) is 3.73. The van der Waals surface area contributed by atoms with Gasteiger partial charge in [-0.05, 0) is 49.4 Å². The third kappa shape index (κ3) is 1.55. The van der Waals surface area contributed by atoms with Crippen LogP contribution in [-0.2, 0) is 6.54 Å². The van der Waals surface area contributed by atoms with Crippen molar-refractivity contribution in [3.8, 4) is 0 Å². The molecular formula is C14H21N3. The van der Waals surface area contributed by atoms with E-state index in [1.54, 1.807) is 0 Å². The van der Waals surface area contributed by atoms with Gasteiger partial charge in [0.05, 0.1) is 6.54 Å². The Morgan fingerprint density at radius 1 is 1.24 bits per heavy atom. The minimum Gasteiger partial charge on any atom is -0.348 e. The maximum Gasteiger partial charge on any atom is 0.120 e. The molecule has 2 bridgehead atoms. The average molecular weight is 231 g/mol. The van der Waals surface area contributed by atoms with Crippen molar-refractivity contribution in [3.63, 3.8) is 0 Å². The first-order valence-electron chi connectivity index (χ1n) is 7.13. The molecule has 0 amide bonds. The Bertz CT molecular complexity index is 386. The van der Waals surface area contributed by atoms with Gasteiger partial charge in [-0.25, -0.2) is 4.98 Å². The highest BCUT2D eigenvalue weighted by Gasteiger charge is 2.53. The number of aromatic nitrogens is 2. The Morgan fingerprint density at radius 2 is 2.18 bits per heavy atom. The van der Waals surface area contributed by atoms with Crippen molar-refractivity contribution >= 4 is 0 Å². The van der Waals surface area contributed by atoms with Crippen molar-refractivity contribution < 1.29 is 0 Å². The minimum atomic E-state index is 0.768. The second-order valence-electron chi connectivity index (χ2n) is 6.18. The zero-order valence-electron chi connectivity index (χ0n) is 10.2. The molecule has 0 spiro atoms. The highest BCUT2D eigenvalue weighted by Crippen LogP contribution is 2.58. The molecule has 0 aromatic carbocycles. The summed E-state index contributed by atoms with van der Waals surface area (Å²) in [5.41, 5.74) is 0. The highest BCUT2D eigenvalue weighted by atomic mass is 15.0. The molecule has 1 heterocycles. The van der Waals surface area contributed by atoms with Gasteiger partial charge >= 0.3 is 0 Å². The van der Waals surface area contributed by atoms with Crippen LogP contribution in [-0.4, -0.2) is 16.0 Å². The van der Waals surface area contributed by atoms with E-state index in [4.69, 9.17) is 0 Å². The van der Waals surface area contributed by atoms with E-state index in [1.165, 1.54) is 32.1 Å². The van der Waals surface area contributed by atoms with Crippen LogP contribution in [0.1, 0.15) is 37.9 Å². The Kier molecular flexibility index (Phi) is 2.29. The van der Waals surface area contributed by atoms with Gasteiger partial charge in [0.2, 0.25) is 0 Å². The molecule has 3 fully saturated rings. The minimum absolute atomic E-state index is 0.768. The zero-order chi connectivity index (χ0) is 11.2. The molecule has 3 heteroatoms. The Morgan fingerprint density at radius 3 is 3.06 bits per heavy atom. The lowest BCUT2D eigenvalue weighted by molar-refractivity contribution is 0.207. The van der Waals surface area contributed by atoms with Gasteiger partial charge in [-0.3, -0.25) is 0 Å². The number of aromatic amines is 1. The first-order chi connectivity index (χ1) is 8.42. The summed E-state index contributed by atoms with van der Waals surface area (Å²) in [4.78, 5) is 7.47. The number of H-pyrrole nitrogens is 1. The normalized spacial score (nSPS) is 43.2. The first kappa shape index (κ1) is 10.1. The molecule has 3 saturated carbocycles. The maximum atomic E-state index is 4.29. The summed E-state index contributed by atoms with van der Waals surface area (Å²) >= 11 is 0. The number of hydrogen-bond acceptors (Lipinski definition) is 2. The summed E-state index contributed by atoms with van der Waals surface area (Å²) in [6.45, 7) is 0.915. The molecule has 3 aliphatic rings. The number of fused-ring (bicyclic) bond motifs is 5. The van der Waals surface area contributed by atoms with Gasteiger partial charge in [0, 0.05) is 18.4 Å². The van der Waals surface area contributed by atoms with Crippen molar-refractivity contribution in [2.75, 3.05) is 0 Å². The van der Waals surface area contributed by atoms with Crippen LogP contribution in [0.4, 0.5) is 0 Å². The van der Waals surface area contributed by atoms with Gasteiger partial charge in [0.1, 0.15) is 5.82 Å². The van der Waals surface area contributed by atoms with Crippen molar-refractivity contribution in [2.24, 2.45) is 23.7 Å². The molecule has 1 aromatic heterocycles. The number of imidazole rings is 1. The molecule has 5 atom stereocenters. The van der Waals surface area contributed by atoms with Crippen molar-refractivity contribution in [2.45, 2.75) is 44.7 Å². The topological polar surface area (TPSA) is 40.7 Å². The van der Waals surface area contributed by atoms with Crippen LogP contribution < -0.4 is 5.32 Å². The fourth-order valence-electron chi connectivity index (χ4n) is 4.93. The second-order valence-corrected chi connectivity index (χ2v) is 6.18. The van der Waals surface area contributed by atoms with Crippen LogP contribution in [0.2, 0.25) is 0 Å². The van der Waals surface area contributed by atoms with Crippen LogP contribution in [0, 0.1) is 23.7 Å². The largest absolute Gasteiger partial charge is 0.348 e. The summed E-state index contributed by atoms with van der Waals surface area (Å²) in [7, 11) is 0. The van der Waals surface area contributed by atoms with Crippen LogP contribution in [0.5, 0.6) is 0 Å². The predicted molar refractivity (Wildman–Crippen MR) is 66.3 cm³/mol. The molecule has 0 aliphatic heterocycles. The Balaban J connectivity index is 1.41. The smallest absolute Gasteiger partial charge is 0.120 e. The van der Waals surface area contributed by atoms with E-state index in [1.807, 2.05) is 12.4 Å². The van der Waals surface area contributed by atoms with Crippen molar-refractivity contribution in [1.29, 1.82) is 0 Å². The predicted octanol–water partition coefficient (Wildman–Crippen LogP) is 2.32. The third-order valence-electron chi connectivity index (χ3n) is 5.52. The van der Waals surface area contributed by atoms with E-state index < -0.39 is 0 Å². The summed E-state index contributed by atoms with van der Waals surface area (Å²) in [5.74, 6) is 5.25. The number of nitrogens with zero attached hydrogens (tertiary/aromatic N) is 1. The average Bonchev–Trinajstić information content (AvgIpc) is 3.08. The molecule has 0 radical (unpaired) electrons. The van der Waals surface area contributed by atoms with Gasteiger partial charge in [0.15, 0.2) is 0 Å². The molecule has 1 aromatic rings. The molecule has 3 aliphatic carbocycles. The summed E-state index contributed by atoms with van der Waals surface area (Å²) in [6.07, 6.45) is 11.2. The van der Waals surface area contributed by atoms with E-state index in [2.05, 4.69) is 15.3 Å². The Hall–Kier alpha value is -0.830. The number of hydrogen-bond donors (Lipinski definition) is 2. The quantitative estimate of drug-likeness (QED) is 0.838.